The fraction of sp³-hybridized carbons (Fsp3) is 0.118. The molecule has 0 bridgehead atoms. The first-order valence-corrected chi connectivity index (χ1v) is 6.44. The van der Waals surface area contributed by atoms with Crippen LogP contribution >= 0.6 is 0 Å². The number of para-hydroxylation sites is 1. The van der Waals surface area contributed by atoms with E-state index in [1.165, 1.54) is 10.9 Å². The SMILES string of the molecule is Cc1ccc(CN)cc1-c1ccc2ccccc2n1. The van der Waals surface area contributed by atoms with Gasteiger partial charge in [0.15, 0.2) is 0 Å². The summed E-state index contributed by atoms with van der Waals surface area (Å²) < 4.78 is 0. The van der Waals surface area contributed by atoms with Gasteiger partial charge in [0.2, 0.25) is 0 Å². The van der Waals surface area contributed by atoms with Crippen LogP contribution in [0.3, 0.4) is 0 Å². The van der Waals surface area contributed by atoms with E-state index in [0.717, 1.165) is 22.3 Å². The average molecular weight is 248 g/mol. The molecular formula is C17H16N2. The van der Waals surface area contributed by atoms with E-state index >= 15 is 0 Å². The van der Waals surface area contributed by atoms with Gasteiger partial charge in [-0.15, -0.1) is 0 Å². The number of nitrogens with two attached hydrogens (primary N) is 1. The maximum atomic E-state index is 5.72. The molecule has 0 fully saturated rings. The van der Waals surface area contributed by atoms with Crippen molar-refractivity contribution in [3.05, 3.63) is 65.7 Å². The highest BCUT2D eigenvalue weighted by atomic mass is 14.7. The summed E-state index contributed by atoms with van der Waals surface area (Å²) in [6.45, 7) is 2.66. The topological polar surface area (TPSA) is 38.9 Å². The molecule has 0 aliphatic heterocycles. The van der Waals surface area contributed by atoms with E-state index in [9.17, 15) is 0 Å². The molecule has 19 heavy (non-hydrogen) atoms. The van der Waals surface area contributed by atoms with Crippen molar-refractivity contribution in [1.82, 2.24) is 4.98 Å². The van der Waals surface area contributed by atoms with Gasteiger partial charge in [-0.2, -0.15) is 0 Å². The first-order valence-electron chi connectivity index (χ1n) is 6.44. The Balaban J connectivity index is 2.18. The summed E-state index contributed by atoms with van der Waals surface area (Å²) in [7, 11) is 0. The molecule has 0 aliphatic carbocycles. The van der Waals surface area contributed by atoms with E-state index in [2.05, 4.69) is 43.3 Å². The molecule has 2 heteroatoms. The molecule has 3 rings (SSSR count). The second kappa shape index (κ2) is 4.82. The lowest BCUT2D eigenvalue weighted by molar-refractivity contribution is 1.07. The number of fused-ring (bicyclic) bond motifs is 1. The summed E-state index contributed by atoms with van der Waals surface area (Å²) in [5, 5.41) is 1.17. The monoisotopic (exact) mass is 248 g/mol. The molecule has 0 saturated heterocycles. The molecule has 94 valence electrons. The van der Waals surface area contributed by atoms with Crippen molar-refractivity contribution >= 4 is 10.9 Å². The van der Waals surface area contributed by atoms with E-state index in [4.69, 9.17) is 10.7 Å². The van der Waals surface area contributed by atoms with Gasteiger partial charge in [-0.25, -0.2) is 4.98 Å². The largest absolute Gasteiger partial charge is 0.326 e. The average Bonchev–Trinajstić information content (AvgIpc) is 2.47. The van der Waals surface area contributed by atoms with Crippen LogP contribution in [0.1, 0.15) is 11.1 Å². The van der Waals surface area contributed by atoms with Crippen molar-refractivity contribution in [3.63, 3.8) is 0 Å². The Morgan fingerprint density at radius 1 is 1.00 bits per heavy atom. The zero-order valence-electron chi connectivity index (χ0n) is 10.9. The number of rotatable bonds is 2. The Morgan fingerprint density at radius 2 is 1.84 bits per heavy atom. The number of nitrogens with zero attached hydrogens (tertiary/aromatic N) is 1. The van der Waals surface area contributed by atoms with Gasteiger partial charge in [-0.05, 0) is 36.2 Å². The highest BCUT2D eigenvalue weighted by molar-refractivity contribution is 5.81. The Hall–Kier alpha value is -2.19. The van der Waals surface area contributed by atoms with E-state index in [-0.39, 0.29) is 0 Å². The third-order valence-electron chi connectivity index (χ3n) is 3.41. The van der Waals surface area contributed by atoms with Crippen LogP contribution in [0.15, 0.2) is 54.6 Å². The van der Waals surface area contributed by atoms with Gasteiger partial charge in [-0.1, -0.05) is 36.4 Å². The van der Waals surface area contributed by atoms with Crippen molar-refractivity contribution in [2.24, 2.45) is 5.73 Å². The van der Waals surface area contributed by atoms with E-state index in [0.29, 0.717) is 6.54 Å². The molecule has 0 radical (unpaired) electrons. The normalized spacial score (nSPS) is 10.8. The maximum absolute atomic E-state index is 5.72. The van der Waals surface area contributed by atoms with Gasteiger partial charge in [0, 0.05) is 17.5 Å². The minimum absolute atomic E-state index is 0.556. The predicted octanol–water partition coefficient (Wildman–Crippen LogP) is 3.67. The van der Waals surface area contributed by atoms with Crippen LogP contribution in [0.25, 0.3) is 22.2 Å². The third kappa shape index (κ3) is 2.23. The van der Waals surface area contributed by atoms with Crippen LogP contribution < -0.4 is 5.73 Å². The van der Waals surface area contributed by atoms with E-state index in [1.807, 2.05) is 18.2 Å². The first-order chi connectivity index (χ1) is 9.28. The molecule has 2 aromatic carbocycles. The Morgan fingerprint density at radius 3 is 2.68 bits per heavy atom. The van der Waals surface area contributed by atoms with Crippen LogP contribution in [0.2, 0.25) is 0 Å². The Kier molecular flexibility index (Phi) is 3.02. The van der Waals surface area contributed by atoms with Crippen LogP contribution in [-0.4, -0.2) is 4.98 Å². The molecule has 0 saturated carbocycles. The lowest BCUT2D eigenvalue weighted by Gasteiger charge is -2.08. The molecule has 0 atom stereocenters. The minimum Gasteiger partial charge on any atom is -0.326 e. The quantitative estimate of drug-likeness (QED) is 0.751. The van der Waals surface area contributed by atoms with Crippen molar-refractivity contribution < 1.29 is 0 Å². The summed E-state index contributed by atoms with van der Waals surface area (Å²) in [4.78, 5) is 4.74. The number of aromatic nitrogens is 1. The zero-order valence-corrected chi connectivity index (χ0v) is 10.9. The summed E-state index contributed by atoms with van der Waals surface area (Å²) in [6, 6.07) is 18.7. The zero-order chi connectivity index (χ0) is 13.2. The lowest BCUT2D eigenvalue weighted by Crippen LogP contribution is -1.97. The molecule has 1 heterocycles. The molecule has 0 unspecified atom stereocenters. The van der Waals surface area contributed by atoms with Gasteiger partial charge in [0.05, 0.1) is 11.2 Å². The van der Waals surface area contributed by atoms with Crippen molar-refractivity contribution in [2.75, 3.05) is 0 Å². The Bertz CT molecular complexity index is 732. The molecule has 3 aromatic rings. The van der Waals surface area contributed by atoms with Crippen LogP contribution in [0.5, 0.6) is 0 Å². The van der Waals surface area contributed by atoms with Crippen LogP contribution in [0, 0.1) is 6.92 Å². The summed E-state index contributed by atoms with van der Waals surface area (Å²) in [5.74, 6) is 0. The minimum atomic E-state index is 0.556. The highest BCUT2D eigenvalue weighted by Gasteiger charge is 2.05. The van der Waals surface area contributed by atoms with Crippen molar-refractivity contribution in [2.45, 2.75) is 13.5 Å². The molecule has 0 amide bonds. The Labute approximate surface area is 112 Å². The van der Waals surface area contributed by atoms with Gasteiger partial charge < -0.3 is 5.73 Å². The third-order valence-corrected chi connectivity index (χ3v) is 3.41. The summed E-state index contributed by atoms with van der Waals surface area (Å²) in [6.07, 6.45) is 0. The van der Waals surface area contributed by atoms with E-state index in [1.54, 1.807) is 0 Å². The molecule has 2 N–H and O–H groups in total. The number of hydrogen-bond acceptors (Lipinski definition) is 2. The maximum Gasteiger partial charge on any atom is 0.0712 e. The predicted molar refractivity (Wildman–Crippen MR) is 79.8 cm³/mol. The van der Waals surface area contributed by atoms with Gasteiger partial charge in [-0.3, -0.25) is 0 Å². The summed E-state index contributed by atoms with van der Waals surface area (Å²) in [5.41, 5.74) is 11.3. The highest BCUT2D eigenvalue weighted by Crippen LogP contribution is 2.25. The van der Waals surface area contributed by atoms with Gasteiger partial charge >= 0.3 is 0 Å². The number of hydrogen-bond donors (Lipinski definition) is 1. The fourth-order valence-corrected chi connectivity index (χ4v) is 2.29. The lowest BCUT2D eigenvalue weighted by atomic mass is 10.0. The second-order valence-electron chi connectivity index (χ2n) is 4.74. The first kappa shape index (κ1) is 11.9. The fourth-order valence-electron chi connectivity index (χ4n) is 2.29. The molecule has 1 aromatic heterocycles. The molecule has 2 nitrogen and oxygen atoms in total. The van der Waals surface area contributed by atoms with E-state index < -0.39 is 0 Å². The van der Waals surface area contributed by atoms with Crippen LogP contribution in [0.4, 0.5) is 0 Å². The number of pyridine rings is 1. The summed E-state index contributed by atoms with van der Waals surface area (Å²) >= 11 is 0. The molecular weight excluding hydrogens is 232 g/mol. The smallest absolute Gasteiger partial charge is 0.0712 e. The van der Waals surface area contributed by atoms with Crippen molar-refractivity contribution in [1.29, 1.82) is 0 Å². The number of aryl methyl sites for hydroxylation is 1. The molecule has 0 spiro atoms. The van der Waals surface area contributed by atoms with Gasteiger partial charge in [0.25, 0.3) is 0 Å². The van der Waals surface area contributed by atoms with Crippen molar-refractivity contribution in [3.8, 4) is 11.3 Å². The van der Waals surface area contributed by atoms with Crippen LogP contribution in [-0.2, 0) is 6.54 Å². The standard InChI is InChI=1S/C17H16N2/c1-12-6-7-13(11-18)10-15(12)17-9-8-14-4-2-3-5-16(14)19-17/h2-10H,11,18H2,1H3. The molecule has 0 aliphatic rings. The second-order valence-corrected chi connectivity index (χ2v) is 4.74. The van der Waals surface area contributed by atoms with Gasteiger partial charge in [0.1, 0.15) is 0 Å². The number of benzene rings is 2.